The number of hydrogen-bond donors (Lipinski definition) is 1. The van der Waals surface area contributed by atoms with Crippen molar-refractivity contribution in [3.8, 4) is 0 Å². The maximum Gasteiger partial charge on any atom is 0.308 e. The van der Waals surface area contributed by atoms with Crippen LogP contribution in [0, 0.1) is 5.92 Å². The molecule has 0 amide bonds. The van der Waals surface area contributed by atoms with E-state index in [1.165, 1.54) is 44.1 Å². The molecule has 1 aromatic carbocycles. The predicted molar refractivity (Wildman–Crippen MR) is 118 cm³/mol. The lowest BCUT2D eigenvalue weighted by Gasteiger charge is -2.15. The van der Waals surface area contributed by atoms with E-state index in [0.29, 0.717) is 19.4 Å². The molecule has 0 fully saturated rings. The second-order valence-corrected chi connectivity index (χ2v) is 8.00. The lowest BCUT2D eigenvalue weighted by molar-refractivity contribution is -0.149. The van der Waals surface area contributed by atoms with E-state index < -0.39 is 5.97 Å². The molecule has 1 aromatic rings. The molecule has 164 valence electrons. The fourth-order valence-electron chi connectivity index (χ4n) is 3.58. The van der Waals surface area contributed by atoms with Gasteiger partial charge in [-0.2, -0.15) is 0 Å². The molecule has 0 radical (unpaired) electrons. The highest BCUT2D eigenvalue weighted by Gasteiger charge is 2.19. The van der Waals surface area contributed by atoms with Gasteiger partial charge in [-0.15, -0.1) is 0 Å². The van der Waals surface area contributed by atoms with Crippen LogP contribution in [0.1, 0.15) is 96.0 Å². The third-order valence-electron chi connectivity index (χ3n) is 5.38. The molecule has 0 bridgehead atoms. The minimum Gasteiger partial charge on any atom is -0.481 e. The molecule has 0 saturated carbocycles. The molecule has 0 heterocycles. The molecular formula is C25H40O4. The maximum atomic E-state index is 12.3. The van der Waals surface area contributed by atoms with Crippen LogP contribution in [-0.2, 0) is 20.7 Å². The molecular weight excluding hydrogens is 364 g/mol. The minimum atomic E-state index is -0.798. The van der Waals surface area contributed by atoms with Crippen molar-refractivity contribution in [2.45, 2.75) is 96.8 Å². The second-order valence-electron chi connectivity index (χ2n) is 8.00. The first-order chi connectivity index (χ1) is 14.1. The Hall–Kier alpha value is -1.84. The zero-order valence-electron chi connectivity index (χ0n) is 18.2. The van der Waals surface area contributed by atoms with Gasteiger partial charge in [-0.05, 0) is 44.1 Å². The van der Waals surface area contributed by atoms with Gasteiger partial charge in [0.05, 0.1) is 12.5 Å². The van der Waals surface area contributed by atoms with Gasteiger partial charge in [-0.1, -0.05) is 82.2 Å². The number of rotatable bonds is 18. The van der Waals surface area contributed by atoms with Crippen molar-refractivity contribution in [1.82, 2.24) is 0 Å². The normalized spacial score (nSPS) is 11.9. The van der Waals surface area contributed by atoms with Crippen LogP contribution in [0.5, 0.6) is 0 Å². The number of hydrogen-bond acceptors (Lipinski definition) is 3. The molecule has 4 nitrogen and oxygen atoms in total. The number of carbonyl (C=O) groups is 2. The topological polar surface area (TPSA) is 63.6 Å². The van der Waals surface area contributed by atoms with Gasteiger partial charge in [0.2, 0.25) is 0 Å². The zero-order valence-corrected chi connectivity index (χ0v) is 18.2. The van der Waals surface area contributed by atoms with E-state index in [2.05, 4.69) is 37.3 Å². The van der Waals surface area contributed by atoms with Crippen molar-refractivity contribution in [2.75, 3.05) is 6.61 Å². The van der Waals surface area contributed by atoms with Gasteiger partial charge in [0, 0.05) is 6.42 Å². The van der Waals surface area contributed by atoms with Crippen LogP contribution >= 0.6 is 0 Å². The first-order valence-electron chi connectivity index (χ1n) is 11.6. The lowest BCUT2D eigenvalue weighted by Crippen LogP contribution is -2.19. The summed E-state index contributed by atoms with van der Waals surface area (Å²) in [5, 5.41) is 8.77. The maximum absolute atomic E-state index is 12.3. The first-order valence-corrected chi connectivity index (χ1v) is 11.6. The monoisotopic (exact) mass is 404 g/mol. The number of ether oxygens (including phenoxy) is 1. The van der Waals surface area contributed by atoms with Crippen LogP contribution < -0.4 is 0 Å². The molecule has 1 N–H and O–H groups in total. The highest BCUT2D eigenvalue weighted by Crippen LogP contribution is 2.18. The van der Waals surface area contributed by atoms with E-state index in [4.69, 9.17) is 9.84 Å². The highest BCUT2D eigenvalue weighted by atomic mass is 16.5. The van der Waals surface area contributed by atoms with Gasteiger partial charge in [0.1, 0.15) is 0 Å². The van der Waals surface area contributed by atoms with Gasteiger partial charge >= 0.3 is 11.9 Å². The number of carboxylic acids is 1. The average molecular weight is 405 g/mol. The molecule has 1 atom stereocenters. The summed E-state index contributed by atoms with van der Waals surface area (Å²) in [7, 11) is 0. The minimum absolute atomic E-state index is 0.126. The smallest absolute Gasteiger partial charge is 0.308 e. The van der Waals surface area contributed by atoms with Gasteiger partial charge in [-0.3, -0.25) is 9.59 Å². The van der Waals surface area contributed by atoms with E-state index in [9.17, 15) is 9.59 Å². The molecule has 1 unspecified atom stereocenters. The van der Waals surface area contributed by atoms with E-state index >= 15 is 0 Å². The van der Waals surface area contributed by atoms with Crippen LogP contribution in [-0.4, -0.2) is 23.7 Å². The Bertz CT molecular complexity index is 541. The van der Waals surface area contributed by atoms with Crippen LogP contribution in [0.2, 0.25) is 0 Å². The Morgan fingerprint density at radius 1 is 0.862 bits per heavy atom. The summed E-state index contributed by atoms with van der Waals surface area (Å²) in [6.45, 7) is 2.59. The SMILES string of the molecule is CCCCC(CCCC(=O)O)C(=O)OCCCCCCCCCc1ccccc1. The highest BCUT2D eigenvalue weighted by molar-refractivity contribution is 5.72. The third kappa shape index (κ3) is 13.9. The summed E-state index contributed by atoms with van der Waals surface area (Å²) in [5.74, 6) is -1.07. The molecule has 1 rings (SSSR count). The quantitative estimate of drug-likeness (QED) is 0.222. The molecule has 4 heteroatoms. The summed E-state index contributed by atoms with van der Waals surface area (Å²) in [6.07, 6.45) is 13.6. The van der Waals surface area contributed by atoms with Gasteiger partial charge in [-0.25, -0.2) is 0 Å². The van der Waals surface area contributed by atoms with Crippen molar-refractivity contribution in [3.63, 3.8) is 0 Å². The Morgan fingerprint density at radius 3 is 2.14 bits per heavy atom. The fraction of sp³-hybridized carbons (Fsp3) is 0.680. The van der Waals surface area contributed by atoms with Gasteiger partial charge in [0.25, 0.3) is 0 Å². The Labute approximate surface area is 177 Å². The van der Waals surface area contributed by atoms with Crippen molar-refractivity contribution >= 4 is 11.9 Å². The van der Waals surface area contributed by atoms with Gasteiger partial charge < -0.3 is 9.84 Å². The number of aryl methyl sites for hydroxylation is 1. The Morgan fingerprint density at radius 2 is 1.48 bits per heavy atom. The van der Waals surface area contributed by atoms with Crippen LogP contribution in [0.25, 0.3) is 0 Å². The molecule has 29 heavy (non-hydrogen) atoms. The first kappa shape index (κ1) is 25.2. The number of benzene rings is 1. The molecule has 0 aliphatic carbocycles. The number of unbranched alkanes of at least 4 members (excludes halogenated alkanes) is 7. The van der Waals surface area contributed by atoms with Crippen LogP contribution in [0.4, 0.5) is 0 Å². The van der Waals surface area contributed by atoms with Crippen molar-refractivity contribution in [1.29, 1.82) is 0 Å². The molecule has 0 saturated heterocycles. The largest absolute Gasteiger partial charge is 0.481 e. The van der Waals surface area contributed by atoms with Gasteiger partial charge in [0.15, 0.2) is 0 Å². The van der Waals surface area contributed by atoms with E-state index in [0.717, 1.165) is 32.1 Å². The number of carbonyl (C=O) groups excluding carboxylic acids is 1. The van der Waals surface area contributed by atoms with Crippen molar-refractivity contribution in [2.24, 2.45) is 5.92 Å². The Kier molecular flexibility index (Phi) is 14.8. The van der Waals surface area contributed by atoms with Crippen molar-refractivity contribution < 1.29 is 19.4 Å². The van der Waals surface area contributed by atoms with E-state index in [1.54, 1.807) is 0 Å². The van der Waals surface area contributed by atoms with Crippen LogP contribution in [0.3, 0.4) is 0 Å². The number of aliphatic carboxylic acids is 1. The third-order valence-corrected chi connectivity index (χ3v) is 5.38. The van der Waals surface area contributed by atoms with Crippen LogP contribution in [0.15, 0.2) is 30.3 Å². The lowest BCUT2D eigenvalue weighted by atomic mass is 9.96. The summed E-state index contributed by atoms with van der Waals surface area (Å²) in [6, 6.07) is 10.7. The fourth-order valence-corrected chi connectivity index (χ4v) is 3.58. The van der Waals surface area contributed by atoms with E-state index in [-0.39, 0.29) is 18.3 Å². The molecule has 0 spiro atoms. The summed E-state index contributed by atoms with van der Waals surface area (Å²) >= 11 is 0. The zero-order chi connectivity index (χ0) is 21.2. The molecule has 0 aliphatic rings. The summed E-state index contributed by atoms with van der Waals surface area (Å²) < 4.78 is 5.47. The number of carboxylic acid groups (broad SMARTS) is 1. The summed E-state index contributed by atoms with van der Waals surface area (Å²) in [4.78, 5) is 22.9. The second kappa shape index (κ2) is 17.1. The Balaban J connectivity index is 2.01. The molecule has 0 aliphatic heterocycles. The predicted octanol–water partition coefficient (Wildman–Crippen LogP) is 6.56. The standard InChI is InChI=1S/C25H40O4/c1-2-3-18-23(19-14-20-24(26)27)25(28)29-21-13-8-6-4-5-7-10-15-22-16-11-9-12-17-22/h9,11-12,16-17,23H,2-8,10,13-15,18-21H2,1H3,(H,26,27). The van der Waals surface area contributed by atoms with E-state index in [1.807, 2.05) is 0 Å². The molecule has 0 aromatic heterocycles. The van der Waals surface area contributed by atoms with Crippen molar-refractivity contribution in [3.05, 3.63) is 35.9 Å². The summed E-state index contributed by atoms with van der Waals surface area (Å²) in [5.41, 5.74) is 1.43. The average Bonchev–Trinajstić information content (AvgIpc) is 2.72. The number of esters is 1.